The first-order valence-corrected chi connectivity index (χ1v) is 7.31. The molecule has 0 aliphatic rings. The van der Waals surface area contributed by atoms with Crippen molar-refractivity contribution in [3.8, 4) is 0 Å². The summed E-state index contributed by atoms with van der Waals surface area (Å²) in [5.41, 5.74) is 1.91. The molecule has 0 radical (unpaired) electrons. The van der Waals surface area contributed by atoms with Crippen LogP contribution in [0.5, 0.6) is 0 Å². The summed E-state index contributed by atoms with van der Waals surface area (Å²) in [7, 11) is 0. The highest BCUT2D eigenvalue weighted by molar-refractivity contribution is 6.30. The summed E-state index contributed by atoms with van der Waals surface area (Å²) in [5, 5.41) is 3.64. The molecule has 0 heterocycles. The minimum atomic E-state index is -0.294. The van der Waals surface area contributed by atoms with Gasteiger partial charge in [0.25, 0.3) is 0 Å². The third-order valence-corrected chi connectivity index (χ3v) is 3.68. The van der Waals surface area contributed by atoms with Gasteiger partial charge in [-0.15, -0.1) is 0 Å². The van der Waals surface area contributed by atoms with Gasteiger partial charge >= 0.3 is 0 Å². The largest absolute Gasteiger partial charge is 0.310 e. The Balaban J connectivity index is 2.08. The molecule has 3 heteroatoms. The Hall–Kier alpha value is -1.38. The van der Waals surface area contributed by atoms with E-state index in [1.807, 2.05) is 18.2 Å². The van der Waals surface area contributed by atoms with Gasteiger partial charge in [-0.1, -0.05) is 61.0 Å². The summed E-state index contributed by atoms with van der Waals surface area (Å²) in [5.74, 6) is -0.294. The minimum Gasteiger partial charge on any atom is -0.310 e. The highest BCUT2D eigenvalue weighted by Crippen LogP contribution is 2.23. The number of aryl methyl sites for hydroxylation is 1. The van der Waals surface area contributed by atoms with Crippen molar-refractivity contribution in [3.63, 3.8) is 0 Å². The standard InChI is InChI=1S/C17H19ClFN/c1-2-20-16(13-7-4-3-5-8-13)12-11-14-9-6-10-15(18)17(14)19/h3-10,16,20H,2,11-12H2,1H3. The predicted molar refractivity (Wildman–Crippen MR) is 82.6 cm³/mol. The number of rotatable bonds is 6. The lowest BCUT2D eigenvalue weighted by molar-refractivity contribution is 0.507. The van der Waals surface area contributed by atoms with E-state index in [0.717, 1.165) is 13.0 Å². The van der Waals surface area contributed by atoms with Crippen molar-refractivity contribution in [2.75, 3.05) is 6.54 Å². The van der Waals surface area contributed by atoms with Crippen LogP contribution in [0.1, 0.15) is 30.5 Å². The quantitative estimate of drug-likeness (QED) is 0.809. The van der Waals surface area contributed by atoms with Gasteiger partial charge in [-0.05, 0) is 36.6 Å². The van der Waals surface area contributed by atoms with Gasteiger partial charge in [-0.25, -0.2) is 4.39 Å². The molecule has 0 saturated heterocycles. The molecule has 0 fully saturated rings. The van der Waals surface area contributed by atoms with Crippen molar-refractivity contribution in [1.29, 1.82) is 0 Å². The van der Waals surface area contributed by atoms with Crippen LogP contribution in [-0.2, 0) is 6.42 Å². The lowest BCUT2D eigenvalue weighted by Gasteiger charge is -2.18. The number of hydrogen-bond acceptors (Lipinski definition) is 1. The van der Waals surface area contributed by atoms with Gasteiger partial charge in [0.1, 0.15) is 5.82 Å². The van der Waals surface area contributed by atoms with Crippen molar-refractivity contribution in [2.45, 2.75) is 25.8 Å². The second kappa shape index (κ2) is 7.41. The normalized spacial score (nSPS) is 12.3. The molecular weight excluding hydrogens is 273 g/mol. The number of hydrogen-bond donors (Lipinski definition) is 1. The zero-order valence-corrected chi connectivity index (χ0v) is 12.3. The molecule has 0 aliphatic heterocycles. The molecular formula is C17H19ClFN. The molecule has 2 aromatic rings. The molecule has 0 aliphatic carbocycles. The molecule has 1 N–H and O–H groups in total. The van der Waals surface area contributed by atoms with Crippen molar-refractivity contribution in [2.24, 2.45) is 0 Å². The average Bonchev–Trinajstić information content (AvgIpc) is 2.48. The first-order chi connectivity index (χ1) is 9.72. The Kier molecular flexibility index (Phi) is 5.57. The third kappa shape index (κ3) is 3.81. The smallest absolute Gasteiger partial charge is 0.144 e. The summed E-state index contributed by atoms with van der Waals surface area (Å²) < 4.78 is 13.9. The monoisotopic (exact) mass is 291 g/mol. The SMILES string of the molecule is CCNC(CCc1cccc(Cl)c1F)c1ccccc1. The second-order valence-corrected chi connectivity index (χ2v) is 5.18. The van der Waals surface area contributed by atoms with Gasteiger partial charge < -0.3 is 5.32 Å². The summed E-state index contributed by atoms with van der Waals surface area (Å²) in [6.07, 6.45) is 1.51. The Labute approximate surface area is 124 Å². The van der Waals surface area contributed by atoms with Crippen LogP contribution >= 0.6 is 11.6 Å². The van der Waals surface area contributed by atoms with E-state index in [0.29, 0.717) is 12.0 Å². The molecule has 0 bridgehead atoms. The van der Waals surface area contributed by atoms with Gasteiger partial charge in [0, 0.05) is 6.04 Å². The molecule has 0 aromatic heterocycles. The average molecular weight is 292 g/mol. The van der Waals surface area contributed by atoms with Crippen LogP contribution in [0.3, 0.4) is 0 Å². The fourth-order valence-corrected chi connectivity index (χ4v) is 2.55. The van der Waals surface area contributed by atoms with E-state index in [1.165, 1.54) is 5.56 Å². The first-order valence-electron chi connectivity index (χ1n) is 6.93. The summed E-state index contributed by atoms with van der Waals surface area (Å²) >= 11 is 5.82. The van der Waals surface area contributed by atoms with Crippen LogP contribution in [0.2, 0.25) is 5.02 Å². The molecule has 0 saturated carbocycles. The van der Waals surface area contributed by atoms with Gasteiger partial charge in [0.2, 0.25) is 0 Å². The Morgan fingerprint density at radius 1 is 1.10 bits per heavy atom. The zero-order valence-electron chi connectivity index (χ0n) is 11.6. The Morgan fingerprint density at radius 3 is 2.55 bits per heavy atom. The Morgan fingerprint density at radius 2 is 1.85 bits per heavy atom. The maximum absolute atomic E-state index is 13.9. The Bertz CT molecular complexity index is 542. The highest BCUT2D eigenvalue weighted by atomic mass is 35.5. The minimum absolute atomic E-state index is 0.196. The predicted octanol–water partition coefficient (Wildman–Crippen LogP) is 4.76. The van der Waals surface area contributed by atoms with Gasteiger partial charge in [0.15, 0.2) is 0 Å². The van der Waals surface area contributed by atoms with Gasteiger partial charge in [0.05, 0.1) is 5.02 Å². The van der Waals surface area contributed by atoms with Crippen LogP contribution in [0.25, 0.3) is 0 Å². The van der Waals surface area contributed by atoms with E-state index in [4.69, 9.17) is 11.6 Å². The van der Waals surface area contributed by atoms with Crippen LogP contribution in [0.15, 0.2) is 48.5 Å². The first kappa shape index (κ1) is 15.0. The lowest BCUT2D eigenvalue weighted by atomic mass is 9.98. The maximum atomic E-state index is 13.9. The van der Waals surface area contributed by atoms with Gasteiger partial charge in [-0.3, -0.25) is 0 Å². The van der Waals surface area contributed by atoms with Crippen LogP contribution in [0.4, 0.5) is 4.39 Å². The van der Waals surface area contributed by atoms with Crippen molar-refractivity contribution in [1.82, 2.24) is 5.32 Å². The fraction of sp³-hybridized carbons (Fsp3) is 0.294. The third-order valence-electron chi connectivity index (χ3n) is 3.39. The van der Waals surface area contributed by atoms with Crippen molar-refractivity contribution < 1.29 is 4.39 Å². The lowest BCUT2D eigenvalue weighted by Crippen LogP contribution is -2.21. The topological polar surface area (TPSA) is 12.0 Å². The van der Waals surface area contributed by atoms with E-state index in [9.17, 15) is 4.39 Å². The van der Waals surface area contributed by atoms with Crippen LogP contribution in [0, 0.1) is 5.82 Å². The number of benzene rings is 2. The molecule has 2 rings (SSSR count). The number of halogens is 2. The van der Waals surface area contributed by atoms with Crippen LogP contribution in [-0.4, -0.2) is 6.54 Å². The molecule has 1 nitrogen and oxygen atoms in total. The molecule has 106 valence electrons. The molecule has 1 atom stereocenters. The molecule has 0 amide bonds. The maximum Gasteiger partial charge on any atom is 0.144 e. The van der Waals surface area contributed by atoms with E-state index < -0.39 is 0 Å². The molecule has 1 unspecified atom stereocenters. The summed E-state index contributed by atoms with van der Waals surface area (Å²) in [6, 6.07) is 15.7. The van der Waals surface area contributed by atoms with E-state index in [1.54, 1.807) is 18.2 Å². The summed E-state index contributed by atoms with van der Waals surface area (Å²) in [6.45, 7) is 2.97. The van der Waals surface area contributed by atoms with E-state index in [2.05, 4.69) is 24.4 Å². The van der Waals surface area contributed by atoms with E-state index in [-0.39, 0.29) is 16.9 Å². The number of nitrogens with one attached hydrogen (secondary N) is 1. The molecule has 20 heavy (non-hydrogen) atoms. The fourth-order valence-electron chi connectivity index (χ4n) is 2.36. The zero-order chi connectivity index (χ0) is 14.4. The van der Waals surface area contributed by atoms with Gasteiger partial charge in [-0.2, -0.15) is 0 Å². The van der Waals surface area contributed by atoms with Crippen LogP contribution < -0.4 is 5.32 Å². The molecule has 0 spiro atoms. The molecule has 2 aromatic carbocycles. The second-order valence-electron chi connectivity index (χ2n) is 4.77. The van der Waals surface area contributed by atoms with E-state index >= 15 is 0 Å². The van der Waals surface area contributed by atoms with Crippen molar-refractivity contribution >= 4 is 11.6 Å². The summed E-state index contributed by atoms with van der Waals surface area (Å²) in [4.78, 5) is 0. The highest BCUT2D eigenvalue weighted by Gasteiger charge is 2.12. The van der Waals surface area contributed by atoms with Crippen molar-refractivity contribution in [3.05, 3.63) is 70.5 Å².